The van der Waals surface area contributed by atoms with Crippen LogP contribution in [0.3, 0.4) is 0 Å². The molecule has 24 heavy (non-hydrogen) atoms. The Labute approximate surface area is 144 Å². The number of hydrogen-bond acceptors (Lipinski definition) is 7. The molecule has 0 spiro atoms. The van der Waals surface area contributed by atoms with Crippen molar-refractivity contribution in [1.29, 1.82) is 0 Å². The first kappa shape index (κ1) is 17.1. The predicted octanol–water partition coefficient (Wildman–Crippen LogP) is 1.20. The lowest BCUT2D eigenvalue weighted by Gasteiger charge is -2.33. The molecule has 0 radical (unpaired) electrons. The van der Waals surface area contributed by atoms with Crippen LogP contribution < -0.4 is 0 Å². The molecule has 1 saturated heterocycles. The van der Waals surface area contributed by atoms with Crippen molar-refractivity contribution >= 4 is 27.3 Å². The highest BCUT2D eigenvalue weighted by Crippen LogP contribution is 2.24. The van der Waals surface area contributed by atoms with Crippen molar-refractivity contribution in [2.24, 2.45) is 0 Å². The van der Waals surface area contributed by atoms with Crippen LogP contribution in [0.4, 0.5) is 0 Å². The number of carbonyl (C=O) groups is 1. The molecule has 1 aliphatic heterocycles. The molecule has 3 heterocycles. The lowest BCUT2D eigenvalue weighted by molar-refractivity contribution is 0.0692. The molecule has 0 atom stereocenters. The maximum Gasteiger partial charge on any atom is 0.273 e. The summed E-state index contributed by atoms with van der Waals surface area (Å²) in [5.41, 5.74) is 0.767. The number of aromatic nitrogens is 2. The van der Waals surface area contributed by atoms with Crippen LogP contribution >= 0.6 is 11.3 Å². The summed E-state index contributed by atoms with van der Waals surface area (Å²) in [4.78, 5) is 18.3. The summed E-state index contributed by atoms with van der Waals surface area (Å²) in [6, 6.07) is 0. The van der Waals surface area contributed by atoms with Gasteiger partial charge >= 0.3 is 0 Å². The van der Waals surface area contributed by atoms with E-state index in [0.717, 1.165) is 5.01 Å². The molecule has 0 N–H and O–H groups in total. The molecule has 10 heteroatoms. The molecule has 1 fully saturated rings. The third-order valence-corrected chi connectivity index (χ3v) is 6.85. The van der Waals surface area contributed by atoms with Gasteiger partial charge in [-0.25, -0.2) is 13.4 Å². The van der Waals surface area contributed by atoms with Crippen molar-refractivity contribution < 1.29 is 17.7 Å². The van der Waals surface area contributed by atoms with Crippen molar-refractivity contribution in [2.45, 2.75) is 25.7 Å². The molecule has 2 aromatic rings. The summed E-state index contributed by atoms with van der Waals surface area (Å²) in [7, 11) is -3.66. The Hall–Kier alpha value is -1.78. The number of nitrogens with zero attached hydrogens (tertiary/aromatic N) is 4. The van der Waals surface area contributed by atoms with E-state index in [4.69, 9.17) is 4.52 Å². The van der Waals surface area contributed by atoms with Crippen molar-refractivity contribution in [2.75, 3.05) is 26.2 Å². The molecule has 0 bridgehead atoms. The number of hydrogen-bond donors (Lipinski definition) is 0. The average Bonchev–Trinajstić information content (AvgIpc) is 3.12. The van der Waals surface area contributed by atoms with E-state index in [2.05, 4.69) is 10.1 Å². The first-order valence-corrected chi connectivity index (χ1v) is 9.77. The Bertz CT molecular complexity index is 844. The van der Waals surface area contributed by atoms with Gasteiger partial charge in [-0.2, -0.15) is 4.31 Å². The lowest BCUT2D eigenvalue weighted by atomic mass is 10.3. The molecular formula is C14H18N4O4S2. The van der Waals surface area contributed by atoms with Crippen LogP contribution in [0, 0.1) is 20.8 Å². The van der Waals surface area contributed by atoms with Crippen molar-refractivity contribution in [3.63, 3.8) is 0 Å². The minimum atomic E-state index is -3.66. The van der Waals surface area contributed by atoms with Gasteiger partial charge in [0.15, 0.2) is 5.76 Å². The Balaban J connectivity index is 1.72. The summed E-state index contributed by atoms with van der Waals surface area (Å²) >= 11 is 1.42. The van der Waals surface area contributed by atoms with Gasteiger partial charge in [-0.3, -0.25) is 4.79 Å². The summed E-state index contributed by atoms with van der Waals surface area (Å²) in [6.45, 7) is 6.17. The SMILES string of the molecule is Cc1nc(C(=O)N2CCN(S(=O)(=O)c3c(C)noc3C)CC2)cs1. The number of rotatable bonds is 3. The van der Waals surface area contributed by atoms with E-state index in [1.165, 1.54) is 15.6 Å². The fraction of sp³-hybridized carbons (Fsp3) is 0.500. The molecule has 1 aliphatic rings. The quantitative estimate of drug-likeness (QED) is 0.805. The monoisotopic (exact) mass is 370 g/mol. The van der Waals surface area contributed by atoms with E-state index in [9.17, 15) is 13.2 Å². The van der Waals surface area contributed by atoms with Gasteiger partial charge in [-0.05, 0) is 20.8 Å². The van der Waals surface area contributed by atoms with Crippen LogP contribution in [0.5, 0.6) is 0 Å². The Morgan fingerprint density at radius 3 is 2.38 bits per heavy atom. The van der Waals surface area contributed by atoms with Gasteiger partial charge in [0.05, 0.1) is 5.01 Å². The van der Waals surface area contributed by atoms with Gasteiger partial charge in [0.2, 0.25) is 10.0 Å². The van der Waals surface area contributed by atoms with Gasteiger partial charge < -0.3 is 9.42 Å². The molecule has 0 aromatic carbocycles. The topological polar surface area (TPSA) is 96.6 Å². The summed E-state index contributed by atoms with van der Waals surface area (Å²) in [6.07, 6.45) is 0. The Morgan fingerprint density at radius 1 is 1.21 bits per heavy atom. The third kappa shape index (κ3) is 2.96. The van der Waals surface area contributed by atoms with Crippen LogP contribution in [0.2, 0.25) is 0 Å². The second kappa shape index (κ2) is 6.26. The van der Waals surface area contributed by atoms with Gasteiger partial charge in [0.1, 0.15) is 16.3 Å². The highest BCUT2D eigenvalue weighted by Gasteiger charge is 2.34. The van der Waals surface area contributed by atoms with Gasteiger partial charge in [-0.1, -0.05) is 5.16 Å². The second-order valence-electron chi connectivity index (χ2n) is 5.60. The van der Waals surface area contributed by atoms with Crippen LogP contribution in [0.25, 0.3) is 0 Å². The minimum Gasteiger partial charge on any atom is -0.360 e. The number of aryl methyl sites for hydroxylation is 3. The van der Waals surface area contributed by atoms with Crippen LogP contribution in [-0.2, 0) is 10.0 Å². The largest absolute Gasteiger partial charge is 0.360 e. The smallest absolute Gasteiger partial charge is 0.273 e. The number of piperazine rings is 1. The molecule has 0 unspecified atom stereocenters. The van der Waals surface area contributed by atoms with E-state index in [0.29, 0.717) is 24.5 Å². The molecule has 2 aromatic heterocycles. The van der Waals surface area contributed by atoms with Gasteiger partial charge in [-0.15, -0.1) is 11.3 Å². The van der Waals surface area contributed by atoms with Gasteiger partial charge in [0.25, 0.3) is 5.91 Å². The Morgan fingerprint density at radius 2 is 1.88 bits per heavy atom. The average molecular weight is 370 g/mol. The highest BCUT2D eigenvalue weighted by atomic mass is 32.2. The molecule has 3 rings (SSSR count). The summed E-state index contributed by atoms with van der Waals surface area (Å²) in [5, 5.41) is 6.27. The molecule has 0 aliphatic carbocycles. The van der Waals surface area contributed by atoms with Crippen molar-refractivity contribution in [1.82, 2.24) is 19.3 Å². The van der Waals surface area contributed by atoms with Crippen molar-refractivity contribution in [3.8, 4) is 0 Å². The minimum absolute atomic E-state index is 0.123. The maximum absolute atomic E-state index is 12.8. The van der Waals surface area contributed by atoms with Crippen LogP contribution in [-0.4, -0.2) is 59.8 Å². The van der Waals surface area contributed by atoms with E-state index in [1.54, 1.807) is 24.1 Å². The first-order chi connectivity index (χ1) is 11.3. The van der Waals surface area contributed by atoms with Crippen molar-refractivity contribution in [3.05, 3.63) is 27.5 Å². The van der Waals surface area contributed by atoms with Gasteiger partial charge in [0, 0.05) is 31.6 Å². The summed E-state index contributed by atoms with van der Waals surface area (Å²) in [5.74, 6) is 0.123. The molecule has 8 nitrogen and oxygen atoms in total. The zero-order valence-electron chi connectivity index (χ0n) is 13.6. The lowest BCUT2D eigenvalue weighted by Crippen LogP contribution is -2.50. The van der Waals surface area contributed by atoms with Crippen LogP contribution in [0.1, 0.15) is 27.0 Å². The number of amides is 1. The first-order valence-electron chi connectivity index (χ1n) is 7.45. The van der Waals surface area contributed by atoms with E-state index >= 15 is 0 Å². The fourth-order valence-corrected chi connectivity index (χ4v) is 5.03. The number of sulfonamides is 1. The maximum atomic E-state index is 12.8. The predicted molar refractivity (Wildman–Crippen MR) is 87.5 cm³/mol. The molecule has 0 saturated carbocycles. The number of thiazole rings is 1. The highest BCUT2D eigenvalue weighted by molar-refractivity contribution is 7.89. The van der Waals surface area contributed by atoms with E-state index in [-0.39, 0.29) is 29.7 Å². The van der Waals surface area contributed by atoms with E-state index in [1.807, 2.05) is 6.92 Å². The molecular weight excluding hydrogens is 352 g/mol. The zero-order chi connectivity index (χ0) is 17.5. The Kier molecular flexibility index (Phi) is 4.45. The molecule has 130 valence electrons. The zero-order valence-corrected chi connectivity index (χ0v) is 15.3. The third-order valence-electron chi connectivity index (χ3n) is 3.93. The fourth-order valence-electron chi connectivity index (χ4n) is 2.73. The number of carbonyl (C=O) groups excluding carboxylic acids is 1. The van der Waals surface area contributed by atoms with Crippen LogP contribution in [0.15, 0.2) is 14.8 Å². The van der Waals surface area contributed by atoms with E-state index < -0.39 is 10.0 Å². The standard InChI is InChI=1S/C14H18N4O4S2/c1-9-13(10(2)22-16-9)24(20,21)18-6-4-17(5-7-18)14(19)12-8-23-11(3)15-12/h8H,4-7H2,1-3H3. The summed E-state index contributed by atoms with van der Waals surface area (Å²) < 4.78 is 31.8. The second-order valence-corrected chi connectivity index (χ2v) is 8.54. The molecule has 1 amide bonds. The normalized spacial score (nSPS) is 16.5.